The van der Waals surface area contributed by atoms with Crippen molar-refractivity contribution in [1.82, 2.24) is 4.98 Å². The Hall–Kier alpha value is -2.93. The van der Waals surface area contributed by atoms with Crippen LogP contribution in [0, 0.1) is 0 Å². The Morgan fingerprint density at radius 1 is 1.10 bits per heavy atom. The molecule has 1 aromatic heterocycles. The number of ether oxygens (including phenoxy) is 2. The van der Waals surface area contributed by atoms with Gasteiger partial charge in [-0.25, -0.2) is 8.42 Å². The second kappa shape index (κ2) is 8.21. The maximum absolute atomic E-state index is 13.5. The molecule has 3 rings (SSSR count). The molecular formula is C22H23NO5S. The van der Waals surface area contributed by atoms with E-state index in [0.29, 0.717) is 11.3 Å². The van der Waals surface area contributed by atoms with Crippen molar-refractivity contribution in [2.75, 3.05) is 13.7 Å². The smallest absolute Gasteiger partial charge is 0.327 e. The van der Waals surface area contributed by atoms with Crippen molar-refractivity contribution in [3.05, 3.63) is 66.4 Å². The van der Waals surface area contributed by atoms with Gasteiger partial charge in [0.05, 0.1) is 24.1 Å². The lowest BCUT2D eigenvalue weighted by atomic mass is 9.99. The van der Waals surface area contributed by atoms with E-state index in [1.165, 1.54) is 26.2 Å². The van der Waals surface area contributed by atoms with E-state index in [-0.39, 0.29) is 17.9 Å². The average Bonchev–Trinajstić information content (AvgIpc) is 2.73. The maximum atomic E-state index is 13.5. The van der Waals surface area contributed by atoms with Crippen LogP contribution in [0.2, 0.25) is 0 Å². The molecule has 0 amide bonds. The van der Waals surface area contributed by atoms with Gasteiger partial charge in [-0.2, -0.15) is 0 Å². The van der Waals surface area contributed by atoms with Crippen LogP contribution >= 0.6 is 0 Å². The van der Waals surface area contributed by atoms with Gasteiger partial charge in [0.2, 0.25) is 0 Å². The number of benzene rings is 2. The van der Waals surface area contributed by atoms with E-state index in [9.17, 15) is 13.2 Å². The zero-order chi connectivity index (χ0) is 21.1. The Bertz CT molecular complexity index is 1130. The van der Waals surface area contributed by atoms with E-state index in [0.717, 1.165) is 10.9 Å². The number of nitrogens with zero attached hydrogens (tertiary/aromatic N) is 1. The minimum absolute atomic E-state index is 0.0228. The van der Waals surface area contributed by atoms with Crippen LogP contribution < -0.4 is 4.74 Å². The molecule has 6 nitrogen and oxygen atoms in total. The minimum atomic E-state index is -4.04. The lowest BCUT2D eigenvalue weighted by Gasteiger charge is -2.27. The first-order valence-electron chi connectivity index (χ1n) is 9.21. The fraction of sp³-hybridized carbons (Fsp3) is 0.273. The number of hydrogen-bond acceptors (Lipinski definition) is 6. The normalized spacial score (nSPS) is 13.6. The summed E-state index contributed by atoms with van der Waals surface area (Å²) in [5.74, 6) is -0.245. The van der Waals surface area contributed by atoms with Gasteiger partial charge in [-0.05, 0) is 61.9 Å². The maximum Gasteiger partial charge on any atom is 0.327 e. The van der Waals surface area contributed by atoms with Crippen LogP contribution in [0.4, 0.5) is 0 Å². The molecule has 29 heavy (non-hydrogen) atoms. The van der Waals surface area contributed by atoms with Crippen molar-refractivity contribution in [1.29, 1.82) is 0 Å². The molecule has 0 aliphatic heterocycles. The molecule has 0 spiro atoms. The largest absolute Gasteiger partial charge is 0.497 e. The van der Waals surface area contributed by atoms with Crippen molar-refractivity contribution in [2.24, 2.45) is 0 Å². The summed E-state index contributed by atoms with van der Waals surface area (Å²) in [5, 5.41) is 0.873. The monoisotopic (exact) mass is 413 g/mol. The highest BCUT2D eigenvalue weighted by atomic mass is 32.2. The van der Waals surface area contributed by atoms with Gasteiger partial charge in [0, 0.05) is 18.0 Å². The second-order valence-corrected chi connectivity index (χ2v) is 9.22. The topological polar surface area (TPSA) is 82.6 Å². The summed E-state index contributed by atoms with van der Waals surface area (Å²) >= 11 is 0. The van der Waals surface area contributed by atoms with Crippen molar-refractivity contribution in [3.8, 4) is 5.75 Å². The Morgan fingerprint density at radius 2 is 1.83 bits per heavy atom. The Morgan fingerprint density at radius 3 is 2.48 bits per heavy atom. The summed E-state index contributed by atoms with van der Waals surface area (Å²) in [6.07, 6.45) is 1.67. The van der Waals surface area contributed by atoms with Crippen LogP contribution in [-0.4, -0.2) is 37.8 Å². The Kier molecular flexibility index (Phi) is 5.88. The van der Waals surface area contributed by atoms with Crippen LogP contribution in [0.25, 0.3) is 10.9 Å². The number of fused-ring (bicyclic) bond motifs is 1. The van der Waals surface area contributed by atoms with Crippen molar-refractivity contribution < 1.29 is 22.7 Å². The first kappa shape index (κ1) is 20.8. The molecule has 3 aromatic rings. The number of pyridine rings is 1. The molecule has 7 heteroatoms. The Balaban J connectivity index is 2.06. The van der Waals surface area contributed by atoms with E-state index in [1.807, 2.05) is 24.3 Å². The van der Waals surface area contributed by atoms with E-state index in [4.69, 9.17) is 9.47 Å². The number of carbonyl (C=O) groups excluding carboxylic acids is 1. The van der Waals surface area contributed by atoms with E-state index in [2.05, 4.69) is 4.98 Å². The number of methoxy groups -OCH3 is 1. The third-order valence-electron chi connectivity index (χ3n) is 4.88. The first-order valence-corrected chi connectivity index (χ1v) is 10.7. The van der Waals surface area contributed by atoms with Gasteiger partial charge in [-0.15, -0.1) is 0 Å². The highest BCUT2D eigenvalue weighted by Gasteiger charge is 2.48. The molecule has 0 N–H and O–H groups in total. The fourth-order valence-electron chi connectivity index (χ4n) is 3.20. The van der Waals surface area contributed by atoms with Crippen molar-refractivity contribution in [2.45, 2.75) is 29.9 Å². The molecular weight excluding hydrogens is 390 g/mol. The lowest BCUT2D eigenvalue weighted by molar-refractivity contribution is -0.145. The lowest BCUT2D eigenvalue weighted by Crippen LogP contribution is -2.46. The first-order chi connectivity index (χ1) is 13.8. The van der Waals surface area contributed by atoms with Crippen molar-refractivity contribution in [3.63, 3.8) is 0 Å². The molecule has 0 fully saturated rings. The molecule has 0 aliphatic carbocycles. The summed E-state index contributed by atoms with van der Waals surface area (Å²) in [5.41, 5.74) is 1.50. The predicted molar refractivity (Wildman–Crippen MR) is 111 cm³/mol. The number of rotatable bonds is 7. The summed E-state index contributed by atoms with van der Waals surface area (Å²) in [7, 11) is -2.54. The highest BCUT2D eigenvalue weighted by molar-refractivity contribution is 7.93. The van der Waals surface area contributed by atoms with Crippen LogP contribution in [0.5, 0.6) is 5.75 Å². The van der Waals surface area contributed by atoms with E-state index in [1.54, 1.807) is 31.3 Å². The highest BCUT2D eigenvalue weighted by Crippen LogP contribution is 2.32. The van der Waals surface area contributed by atoms with Gasteiger partial charge in [0.1, 0.15) is 5.75 Å². The molecule has 0 bridgehead atoms. The van der Waals surface area contributed by atoms with Gasteiger partial charge in [0.15, 0.2) is 14.6 Å². The van der Waals surface area contributed by atoms with Gasteiger partial charge < -0.3 is 9.47 Å². The molecule has 0 aliphatic rings. The van der Waals surface area contributed by atoms with Gasteiger partial charge in [-0.1, -0.05) is 12.1 Å². The van der Waals surface area contributed by atoms with Crippen LogP contribution in [0.15, 0.2) is 65.7 Å². The number of aromatic nitrogens is 1. The summed E-state index contributed by atoms with van der Waals surface area (Å²) < 4.78 is 35.4. The molecule has 152 valence electrons. The summed E-state index contributed by atoms with van der Waals surface area (Å²) in [4.78, 5) is 17.2. The number of sulfone groups is 1. The summed E-state index contributed by atoms with van der Waals surface area (Å²) in [6.45, 7) is 3.16. The Labute approximate surface area is 170 Å². The fourth-order valence-corrected chi connectivity index (χ4v) is 4.85. The molecule has 1 unspecified atom stereocenters. The van der Waals surface area contributed by atoms with Crippen LogP contribution in [0.3, 0.4) is 0 Å². The number of carbonyl (C=O) groups is 1. The van der Waals surface area contributed by atoms with E-state index < -0.39 is 20.6 Å². The van der Waals surface area contributed by atoms with Crippen LogP contribution in [-0.2, 0) is 25.8 Å². The quantitative estimate of drug-likeness (QED) is 0.551. The minimum Gasteiger partial charge on any atom is -0.497 e. The van der Waals surface area contributed by atoms with Gasteiger partial charge >= 0.3 is 5.97 Å². The number of hydrogen-bond donors (Lipinski definition) is 0. The van der Waals surface area contributed by atoms with E-state index >= 15 is 0 Å². The van der Waals surface area contributed by atoms with Gasteiger partial charge in [0.25, 0.3) is 0 Å². The average molecular weight is 413 g/mol. The zero-order valence-corrected chi connectivity index (χ0v) is 17.4. The van der Waals surface area contributed by atoms with Crippen LogP contribution in [0.1, 0.15) is 19.4 Å². The van der Waals surface area contributed by atoms with Crippen molar-refractivity contribution >= 4 is 26.7 Å². The number of esters is 1. The zero-order valence-electron chi connectivity index (χ0n) is 16.6. The molecule has 1 atom stereocenters. The summed E-state index contributed by atoms with van der Waals surface area (Å²) in [6, 6.07) is 15.2. The standard InChI is InChI=1S/C22H23NO5S/c1-4-28-21(24)22(2,29(25,26)19-10-8-18(27-3)9-11-19)15-16-7-12-20-17(14-16)6-5-13-23-20/h5-14H,4,15H2,1-3H3. The molecule has 0 saturated carbocycles. The second-order valence-electron chi connectivity index (χ2n) is 6.84. The predicted octanol–water partition coefficient (Wildman–Crippen LogP) is 3.58. The third kappa shape index (κ3) is 3.96. The molecule has 1 heterocycles. The molecule has 0 saturated heterocycles. The van der Waals surface area contributed by atoms with Gasteiger partial charge in [-0.3, -0.25) is 9.78 Å². The SMILES string of the molecule is CCOC(=O)C(C)(Cc1ccc2ncccc2c1)S(=O)(=O)c1ccc(OC)cc1. The molecule has 2 aromatic carbocycles. The molecule has 0 radical (unpaired) electrons. The third-order valence-corrected chi connectivity index (χ3v) is 7.27.